The van der Waals surface area contributed by atoms with Crippen molar-refractivity contribution in [2.75, 3.05) is 13.1 Å². The van der Waals surface area contributed by atoms with Crippen LogP contribution < -0.4 is 16.4 Å². The van der Waals surface area contributed by atoms with E-state index in [-0.39, 0.29) is 18.2 Å². The Kier molecular flexibility index (Phi) is 6.02. The number of nitrogens with one attached hydrogen (secondary N) is 2. The van der Waals surface area contributed by atoms with Gasteiger partial charge in [-0.3, -0.25) is 9.59 Å². The summed E-state index contributed by atoms with van der Waals surface area (Å²) in [5.41, 5.74) is 7.73. The van der Waals surface area contributed by atoms with E-state index in [0.29, 0.717) is 13.1 Å². The van der Waals surface area contributed by atoms with Crippen LogP contribution in [0.4, 0.5) is 0 Å². The summed E-state index contributed by atoms with van der Waals surface area (Å²) in [5, 5.41) is 5.32. The third-order valence-electron chi connectivity index (χ3n) is 2.74. The van der Waals surface area contributed by atoms with E-state index in [1.807, 2.05) is 38.1 Å². The number of carbonyl (C=O) groups is 2. The van der Waals surface area contributed by atoms with Gasteiger partial charge in [0.15, 0.2) is 0 Å². The molecule has 104 valence electrons. The Morgan fingerprint density at radius 1 is 1.21 bits per heavy atom. The fourth-order valence-electron chi connectivity index (χ4n) is 1.62. The lowest BCUT2D eigenvalue weighted by molar-refractivity contribution is -0.123. The van der Waals surface area contributed by atoms with Gasteiger partial charge in [-0.15, -0.1) is 0 Å². The number of amides is 2. The van der Waals surface area contributed by atoms with Crippen LogP contribution in [0.2, 0.25) is 0 Å². The Labute approximate surface area is 113 Å². The van der Waals surface area contributed by atoms with Crippen molar-refractivity contribution in [1.29, 1.82) is 0 Å². The van der Waals surface area contributed by atoms with Gasteiger partial charge in [-0.2, -0.15) is 0 Å². The van der Waals surface area contributed by atoms with E-state index < -0.39 is 6.04 Å². The number of aryl methyl sites for hydroxylation is 1. The number of nitrogens with two attached hydrogens (primary N) is 1. The Morgan fingerprint density at radius 2 is 1.84 bits per heavy atom. The maximum Gasteiger partial charge on any atom is 0.241 e. The monoisotopic (exact) mass is 263 g/mol. The smallest absolute Gasteiger partial charge is 0.241 e. The van der Waals surface area contributed by atoms with E-state index in [1.54, 1.807) is 0 Å². The number of benzene rings is 1. The molecule has 0 fully saturated rings. The molecular formula is C14H21N3O2. The maximum atomic E-state index is 11.8. The normalized spacial score (nSPS) is 11.7. The molecule has 0 saturated carbocycles. The van der Waals surface area contributed by atoms with Crippen LogP contribution in [0, 0.1) is 6.92 Å². The molecule has 0 saturated heterocycles. The average Bonchev–Trinajstić information content (AvgIpc) is 2.39. The van der Waals surface area contributed by atoms with E-state index in [9.17, 15) is 9.59 Å². The topological polar surface area (TPSA) is 84.2 Å². The van der Waals surface area contributed by atoms with Gasteiger partial charge < -0.3 is 16.4 Å². The molecular weight excluding hydrogens is 242 g/mol. The van der Waals surface area contributed by atoms with E-state index in [2.05, 4.69) is 10.6 Å². The molecule has 0 radical (unpaired) electrons. The highest BCUT2D eigenvalue weighted by Gasteiger charge is 2.15. The van der Waals surface area contributed by atoms with Gasteiger partial charge in [0.1, 0.15) is 6.04 Å². The highest BCUT2D eigenvalue weighted by Crippen LogP contribution is 2.11. The number of hydrogen-bond donors (Lipinski definition) is 3. The first-order chi connectivity index (χ1) is 9.04. The zero-order chi connectivity index (χ0) is 14.3. The number of rotatable bonds is 6. The fraction of sp³-hybridized carbons (Fsp3) is 0.429. The molecule has 0 bridgehead atoms. The molecule has 19 heavy (non-hydrogen) atoms. The molecule has 0 aliphatic carbocycles. The van der Waals surface area contributed by atoms with Crippen molar-refractivity contribution in [3.05, 3.63) is 35.4 Å². The van der Waals surface area contributed by atoms with E-state index in [1.165, 1.54) is 0 Å². The zero-order valence-corrected chi connectivity index (χ0v) is 11.4. The first kappa shape index (κ1) is 15.2. The Hall–Kier alpha value is -1.88. The van der Waals surface area contributed by atoms with Crippen molar-refractivity contribution >= 4 is 11.8 Å². The standard InChI is InChI=1S/C14H21N3O2/c1-3-16-12(18)8-9-17-14(19)13(15)11-6-4-10(2)5-7-11/h4-7,13H,3,8-9,15H2,1-2H3,(H,16,18)(H,17,19). The van der Waals surface area contributed by atoms with Gasteiger partial charge in [0.2, 0.25) is 11.8 Å². The molecule has 5 heteroatoms. The Balaban J connectivity index is 2.41. The molecule has 1 aromatic carbocycles. The molecule has 1 rings (SSSR count). The number of hydrogen-bond acceptors (Lipinski definition) is 3. The third kappa shape index (κ3) is 5.09. The highest BCUT2D eigenvalue weighted by molar-refractivity contribution is 5.83. The second kappa shape index (κ2) is 7.53. The van der Waals surface area contributed by atoms with Crippen molar-refractivity contribution in [3.63, 3.8) is 0 Å². The van der Waals surface area contributed by atoms with Gasteiger partial charge in [-0.1, -0.05) is 29.8 Å². The molecule has 1 unspecified atom stereocenters. The van der Waals surface area contributed by atoms with Gasteiger partial charge in [0.05, 0.1) is 0 Å². The van der Waals surface area contributed by atoms with Gasteiger partial charge in [0, 0.05) is 19.5 Å². The third-order valence-corrected chi connectivity index (χ3v) is 2.74. The van der Waals surface area contributed by atoms with Gasteiger partial charge >= 0.3 is 0 Å². The van der Waals surface area contributed by atoms with Crippen molar-refractivity contribution in [1.82, 2.24) is 10.6 Å². The molecule has 1 atom stereocenters. The van der Waals surface area contributed by atoms with Crippen molar-refractivity contribution < 1.29 is 9.59 Å². The van der Waals surface area contributed by atoms with Crippen LogP contribution in [-0.4, -0.2) is 24.9 Å². The predicted molar refractivity (Wildman–Crippen MR) is 74.4 cm³/mol. The lowest BCUT2D eigenvalue weighted by Gasteiger charge is -2.12. The Bertz CT molecular complexity index is 429. The molecule has 0 heterocycles. The summed E-state index contributed by atoms with van der Waals surface area (Å²) in [4.78, 5) is 23.0. The predicted octanol–water partition coefficient (Wildman–Crippen LogP) is 0.637. The van der Waals surface area contributed by atoms with Crippen LogP contribution in [0.5, 0.6) is 0 Å². The van der Waals surface area contributed by atoms with E-state index >= 15 is 0 Å². The Morgan fingerprint density at radius 3 is 2.42 bits per heavy atom. The van der Waals surface area contributed by atoms with Crippen molar-refractivity contribution in [2.45, 2.75) is 26.3 Å². The van der Waals surface area contributed by atoms with Crippen molar-refractivity contribution in [3.8, 4) is 0 Å². The van der Waals surface area contributed by atoms with Crippen molar-refractivity contribution in [2.24, 2.45) is 5.73 Å². The minimum Gasteiger partial charge on any atom is -0.356 e. The van der Waals surface area contributed by atoms with E-state index in [4.69, 9.17) is 5.73 Å². The molecule has 1 aromatic rings. The highest BCUT2D eigenvalue weighted by atomic mass is 16.2. The summed E-state index contributed by atoms with van der Waals surface area (Å²) in [6.45, 7) is 4.71. The largest absolute Gasteiger partial charge is 0.356 e. The molecule has 0 aromatic heterocycles. The van der Waals surface area contributed by atoms with Gasteiger partial charge in [-0.25, -0.2) is 0 Å². The lowest BCUT2D eigenvalue weighted by Crippen LogP contribution is -2.36. The van der Waals surface area contributed by atoms with E-state index in [0.717, 1.165) is 11.1 Å². The SMILES string of the molecule is CCNC(=O)CCNC(=O)C(N)c1ccc(C)cc1. The first-order valence-electron chi connectivity index (χ1n) is 6.41. The van der Waals surface area contributed by atoms with Crippen LogP contribution in [0.3, 0.4) is 0 Å². The minimum absolute atomic E-state index is 0.0771. The molecule has 0 spiro atoms. The minimum atomic E-state index is -0.699. The van der Waals surface area contributed by atoms with Crippen LogP contribution in [-0.2, 0) is 9.59 Å². The van der Waals surface area contributed by atoms with Crippen LogP contribution in [0.1, 0.15) is 30.5 Å². The zero-order valence-electron chi connectivity index (χ0n) is 11.4. The summed E-state index contributed by atoms with van der Waals surface area (Å²) < 4.78 is 0. The summed E-state index contributed by atoms with van der Waals surface area (Å²) in [6, 6.07) is 6.80. The average molecular weight is 263 g/mol. The lowest BCUT2D eigenvalue weighted by atomic mass is 10.1. The molecule has 0 aliphatic heterocycles. The van der Waals surface area contributed by atoms with Crippen LogP contribution in [0.25, 0.3) is 0 Å². The fourth-order valence-corrected chi connectivity index (χ4v) is 1.62. The summed E-state index contributed by atoms with van der Waals surface area (Å²) in [7, 11) is 0. The number of carbonyl (C=O) groups excluding carboxylic acids is 2. The summed E-state index contributed by atoms with van der Waals surface area (Å²) in [5.74, 6) is -0.347. The van der Waals surface area contributed by atoms with Gasteiger partial charge in [-0.05, 0) is 19.4 Å². The quantitative estimate of drug-likeness (QED) is 0.704. The molecule has 4 N–H and O–H groups in total. The van der Waals surface area contributed by atoms with Crippen LogP contribution >= 0.6 is 0 Å². The van der Waals surface area contributed by atoms with Gasteiger partial charge in [0.25, 0.3) is 0 Å². The molecule has 5 nitrogen and oxygen atoms in total. The first-order valence-corrected chi connectivity index (χ1v) is 6.41. The molecule has 0 aliphatic rings. The second-order valence-corrected chi connectivity index (χ2v) is 4.38. The summed E-state index contributed by atoms with van der Waals surface area (Å²) in [6.07, 6.45) is 0.264. The summed E-state index contributed by atoms with van der Waals surface area (Å²) >= 11 is 0. The van der Waals surface area contributed by atoms with Crippen LogP contribution in [0.15, 0.2) is 24.3 Å². The second-order valence-electron chi connectivity index (χ2n) is 4.38. The maximum absolute atomic E-state index is 11.8. The molecule has 2 amide bonds.